The van der Waals surface area contributed by atoms with Gasteiger partial charge in [0.25, 0.3) is 0 Å². The van der Waals surface area contributed by atoms with E-state index in [1.54, 1.807) is 0 Å². The van der Waals surface area contributed by atoms with Crippen LogP contribution in [0.3, 0.4) is 0 Å². The van der Waals surface area contributed by atoms with Crippen molar-refractivity contribution >= 4 is 24.3 Å². The molecular weight excluding hydrogens is 270 g/mol. The molecule has 0 spiro atoms. The van der Waals surface area contributed by atoms with Gasteiger partial charge in [0.15, 0.2) is 0 Å². The summed E-state index contributed by atoms with van der Waals surface area (Å²) in [6.45, 7) is 11.7. The number of halogens is 1. The lowest BCUT2D eigenvalue weighted by Crippen LogP contribution is -2.55. The number of aliphatic carboxylic acids is 1. The molecule has 0 aromatic rings. The highest BCUT2D eigenvalue weighted by Crippen LogP contribution is 2.18. The standard InChI is InChI=1S/C9H18NO2.C4H6O2.ClH/c1-7-8(11)12-9(2,3)10(4,5)6;1-3(2)4(5)6;/h7H,1H2,2-6H3;1H2,2H3,(H,5,6);1H/q+1;;. The number of ether oxygens (including phenoxy) is 1. The summed E-state index contributed by atoms with van der Waals surface area (Å²) in [5, 5.41) is 7.89. The van der Waals surface area contributed by atoms with Gasteiger partial charge in [0.1, 0.15) is 0 Å². The van der Waals surface area contributed by atoms with E-state index in [-0.39, 0.29) is 23.9 Å². The van der Waals surface area contributed by atoms with Crippen LogP contribution in [-0.2, 0) is 14.3 Å². The van der Waals surface area contributed by atoms with E-state index >= 15 is 0 Å². The van der Waals surface area contributed by atoms with Gasteiger partial charge in [-0.05, 0) is 6.92 Å². The molecule has 0 radical (unpaired) electrons. The third-order valence-corrected chi connectivity index (χ3v) is 2.50. The SMILES string of the molecule is C=C(C)C(=O)O.C=CC(=O)OC(C)(C)[N+](C)(C)C.Cl. The van der Waals surface area contributed by atoms with E-state index in [0.717, 1.165) is 0 Å². The smallest absolute Gasteiger partial charge is 0.334 e. The van der Waals surface area contributed by atoms with Crippen LogP contribution in [0.1, 0.15) is 20.8 Å². The molecule has 0 heterocycles. The van der Waals surface area contributed by atoms with Crippen LogP contribution in [0.5, 0.6) is 0 Å². The predicted molar refractivity (Wildman–Crippen MR) is 78.1 cm³/mol. The highest BCUT2D eigenvalue weighted by atomic mass is 35.5. The van der Waals surface area contributed by atoms with Gasteiger partial charge in [-0.1, -0.05) is 13.2 Å². The highest BCUT2D eigenvalue weighted by Gasteiger charge is 2.36. The summed E-state index contributed by atoms with van der Waals surface area (Å²) in [5.74, 6) is -1.32. The lowest BCUT2D eigenvalue weighted by atomic mass is 10.2. The topological polar surface area (TPSA) is 63.6 Å². The van der Waals surface area contributed by atoms with Crippen molar-refractivity contribution in [2.24, 2.45) is 0 Å². The first-order chi connectivity index (χ1) is 7.85. The third kappa shape index (κ3) is 10.3. The summed E-state index contributed by atoms with van der Waals surface area (Å²) in [6.07, 6.45) is 1.18. The number of hydrogen-bond acceptors (Lipinski definition) is 3. The van der Waals surface area contributed by atoms with Gasteiger partial charge in [-0.2, -0.15) is 0 Å². The second kappa shape index (κ2) is 8.72. The summed E-state index contributed by atoms with van der Waals surface area (Å²) < 4.78 is 5.73. The fraction of sp³-hybridized carbons (Fsp3) is 0.538. The van der Waals surface area contributed by atoms with E-state index in [2.05, 4.69) is 13.2 Å². The van der Waals surface area contributed by atoms with Crippen molar-refractivity contribution in [3.8, 4) is 0 Å². The minimum Gasteiger partial charge on any atom is -0.478 e. The Kier molecular flexibility index (Phi) is 10.5. The molecule has 6 heteroatoms. The van der Waals surface area contributed by atoms with Crippen molar-refractivity contribution in [1.29, 1.82) is 0 Å². The third-order valence-electron chi connectivity index (χ3n) is 2.50. The maximum atomic E-state index is 10.9. The van der Waals surface area contributed by atoms with Gasteiger partial charge >= 0.3 is 11.9 Å². The average Bonchev–Trinajstić information content (AvgIpc) is 2.15. The Morgan fingerprint density at radius 3 is 1.74 bits per heavy atom. The first-order valence-corrected chi connectivity index (χ1v) is 5.41. The summed E-state index contributed by atoms with van der Waals surface area (Å²) in [5.41, 5.74) is -0.347. The molecule has 0 saturated carbocycles. The Morgan fingerprint density at radius 1 is 1.26 bits per heavy atom. The van der Waals surface area contributed by atoms with Crippen molar-refractivity contribution in [2.45, 2.75) is 26.5 Å². The van der Waals surface area contributed by atoms with E-state index in [0.29, 0.717) is 4.48 Å². The van der Waals surface area contributed by atoms with Gasteiger partial charge in [0, 0.05) is 25.5 Å². The van der Waals surface area contributed by atoms with Crippen molar-refractivity contribution in [3.05, 3.63) is 24.8 Å². The first kappa shape index (κ1) is 22.8. The first-order valence-electron chi connectivity index (χ1n) is 5.41. The normalized spacial score (nSPS) is 10.2. The number of rotatable bonds is 4. The number of carbonyl (C=O) groups excluding carboxylic acids is 1. The van der Waals surface area contributed by atoms with E-state index in [4.69, 9.17) is 9.84 Å². The Morgan fingerprint density at radius 2 is 1.58 bits per heavy atom. The quantitative estimate of drug-likeness (QED) is 0.374. The van der Waals surface area contributed by atoms with Crippen molar-refractivity contribution in [2.75, 3.05) is 21.1 Å². The molecule has 112 valence electrons. The van der Waals surface area contributed by atoms with Crippen LogP contribution in [0.4, 0.5) is 0 Å². The van der Waals surface area contributed by atoms with Gasteiger partial charge in [0.05, 0.1) is 21.1 Å². The molecule has 0 atom stereocenters. The molecule has 19 heavy (non-hydrogen) atoms. The molecule has 0 aliphatic heterocycles. The number of hydrogen-bond donors (Lipinski definition) is 1. The molecule has 0 amide bonds. The molecule has 0 fully saturated rings. The summed E-state index contributed by atoms with van der Waals surface area (Å²) in [4.78, 5) is 20.5. The molecular formula is C13H25ClNO4+. The number of esters is 1. The Bertz CT molecular complexity index is 331. The average molecular weight is 295 g/mol. The van der Waals surface area contributed by atoms with E-state index in [1.165, 1.54) is 13.0 Å². The predicted octanol–water partition coefficient (Wildman–Crippen LogP) is 2.23. The Balaban J connectivity index is -0.000000313. The van der Waals surface area contributed by atoms with Crippen LogP contribution in [-0.4, -0.2) is 48.4 Å². The Labute approximate surface area is 121 Å². The molecule has 0 aromatic carbocycles. The number of carboxylic acids is 1. The largest absolute Gasteiger partial charge is 0.478 e. The maximum Gasteiger partial charge on any atom is 0.334 e. The summed E-state index contributed by atoms with van der Waals surface area (Å²) >= 11 is 0. The second-order valence-electron chi connectivity index (χ2n) is 5.17. The molecule has 5 nitrogen and oxygen atoms in total. The minimum atomic E-state index is -0.935. The zero-order chi connectivity index (χ0) is 15.1. The second-order valence-corrected chi connectivity index (χ2v) is 5.17. The molecule has 0 unspecified atom stereocenters. The Hall–Kier alpha value is -1.33. The fourth-order valence-electron chi connectivity index (χ4n) is 0.425. The number of carboxylic acid groups (broad SMARTS) is 1. The monoisotopic (exact) mass is 294 g/mol. The van der Waals surface area contributed by atoms with E-state index in [1.807, 2.05) is 35.0 Å². The van der Waals surface area contributed by atoms with Crippen molar-refractivity contribution < 1.29 is 23.9 Å². The number of quaternary nitrogens is 1. The number of nitrogens with zero attached hydrogens (tertiary/aromatic N) is 1. The molecule has 0 aliphatic carbocycles. The van der Waals surface area contributed by atoms with Crippen LogP contribution >= 0.6 is 12.4 Å². The van der Waals surface area contributed by atoms with Gasteiger partial charge in [-0.3, -0.25) is 4.48 Å². The molecule has 0 rings (SSSR count). The van der Waals surface area contributed by atoms with Gasteiger partial charge in [-0.25, -0.2) is 9.59 Å². The highest BCUT2D eigenvalue weighted by molar-refractivity contribution is 5.85. The molecule has 0 saturated heterocycles. The van der Waals surface area contributed by atoms with Crippen LogP contribution in [0.2, 0.25) is 0 Å². The van der Waals surface area contributed by atoms with E-state index in [9.17, 15) is 9.59 Å². The van der Waals surface area contributed by atoms with Crippen LogP contribution in [0, 0.1) is 0 Å². The van der Waals surface area contributed by atoms with E-state index < -0.39 is 11.7 Å². The van der Waals surface area contributed by atoms with Crippen molar-refractivity contribution in [1.82, 2.24) is 0 Å². The fourth-order valence-corrected chi connectivity index (χ4v) is 0.425. The van der Waals surface area contributed by atoms with Crippen molar-refractivity contribution in [3.63, 3.8) is 0 Å². The summed E-state index contributed by atoms with van der Waals surface area (Å²) in [6, 6.07) is 0. The lowest BCUT2D eigenvalue weighted by molar-refractivity contribution is -0.942. The molecule has 0 aliphatic rings. The summed E-state index contributed by atoms with van der Waals surface area (Å²) in [7, 11) is 5.91. The molecule has 1 N–H and O–H groups in total. The zero-order valence-electron chi connectivity index (χ0n) is 12.5. The maximum absolute atomic E-state index is 10.9. The molecule has 0 bridgehead atoms. The van der Waals surface area contributed by atoms with Crippen LogP contribution < -0.4 is 0 Å². The van der Waals surface area contributed by atoms with Gasteiger partial charge < -0.3 is 9.84 Å². The minimum absolute atomic E-state index is 0. The van der Waals surface area contributed by atoms with Gasteiger partial charge in [-0.15, -0.1) is 12.4 Å². The zero-order valence-corrected chi connectivity index (χ0v) is 13.3. The number of carbonyl (C=O) groups is 2. The van der Waals surface area contributed by atoms with Gasteiger partial charge in [0.2, 0.25) is 5.72 Å². The van der Waals surface area contributed by atoms with Crippen LogP contribution in [0.15, 0.2) is 24.8 Å². The lowest BCUT2D eigenvalue weighted by Gasteiger charge is -2.39. The molecule has 0 aromatic heterocycles. The van der Waals surface area contributed by atoms with Crippen LogP contribution in [0.25, 0.3) is 0 Å².